The van der Waals surface area contributed by atoms with Crippen LogP contribution in [0.5, 0.6) is 0 Å². The summed E-state index contributed by atoms with van der Waals surface area (Å²) in [5, 5.41) is 3.81. The quantitative estimate of drug-likeness (QED) is 0.765. The second kappa shape index (κ2) is 6.71. The van der Waals surface area contributed by atoms with Crippen LogP contribution in [0.3, 0.4) is 0 Å². The number of halogens is 1. The Hall–Kier alpha value is -2.02. The number of nitrogens with zero attached hydrogens (tertiary/aromatic N) is 3. The zero-order valence-corrected chi connectivity index (χ0v) is 15.3. The van der Waals surface area contributed by atoms with Crippen molar-refractivity contribution in [1.82, 2.24) is 19.9 Å². The molecule has 0 radical (unpaired) electrons. The number of aryl methyl sites for hydroxylation is 1. The minimum atomic E-state index is -0.0610. The summed E-state index contributed by atoms with van der Waals surface area (Å²) in [7, 11) is 0. The summed E-state index contributed by atoms with van der Waals surface area (Å²) in [5.74, 6) is 0.601. The Morgan fingerprint density at radius 1 is 1.28 bits per heavy atom. The molecule has 0 bridgehead atoms. The molecule has 4 rings (SSSR count). The molecule has 128 valence electrons. The van der Waals surface area contributed by atoms with Crippen molar-refractivity contribution >= 4 is 22.9 Å². The maximum absolute atomic E-state index is 12.6. The van der Waals surface area contributed by atoms with Crippen LogP contribution in [0.4, 0.5) is 0 Å². The van der Waals surface area contributed by atoms with Crippen LogP contribution < -0.4 is 5.56 Å². The van der Waals surface area contributed by atoms with Crippen molar-refractivity contribution in [3.8, 4) is 11.4 Å². The molecule has 0 saturated heterocycles. The summed E-state index contributed by atoms with van der Waals surface area (Å²) in [6.45, 7) is 4.25. The molecule has 7 heteroatoms. The normalized spacial score (nSPS) is 14.5. The Kier molecular flexibility index (Phi) is 4.41. The number of rotatable bonds is 3. The van der Waals surface area contributed by atoms with Gasteiger partial charge in [0.15, 0.2) is 0 Å². The molecule has 3 aromatic rings. The minimum absolute atomic E-state index is 0.0610. The van der Waals surface area contributed by atoms with Crippen molar-refractivity contribution in [2.75, 3.05) is 6.54 Å². The lowest BCUT2D eigenvalue weighted by molar-refractivity contribution is 0.239. The van der Waals surface area contributed by atoms with Gasteiger partial charge in [0.05, 0.1) is 22.0 Å². The van der Waals surface area contributed by atoms with Gasteiger partial charge in [-0.05, 0) is 31.2 Å². The first-order valence-electron chi connectivity index (χ1n) is 8.10. The number of nitrogens with one attached hydrogen (secondary N) is 1. The molecule has 1 aliphatic rings. The molecule has 0 saturated carbocycles. The Bertz CT molecular complexity index is 964. The number of fused-ring (bicyclic) bond motifs is 1. The molecule has 3 heterocycles. The van der Waals surface area contributed by atoms with Crippen LogP contribution in [-0.4, -0.2) is 26.4 Å². The molecule has 0 aliphatic carbocycles. The Morgan fingerprint density at radius 2 is 2.08 bits per heavy atom. The summed E-state index contributed by atoms with van der Waals surface area (Å²) < 4.78 is 0. The first-order valence-corrected chi connectivity index (χ1v) is 9.35. The van der Waals surface area contributed by atoms with Gasteiger partial charge in [-0.2, -0.15) is 0 Å². The summed E-state index contributed by atoms with van der Waals surface area (Å²) in [5.41, 5.74) is 3.52. The van der Waals surface area contributed by atoms with Gasteiger partial charge in [-0.25, -0.2) is 9.97 Å². The monoisotopic (exact) mass is 372 g/mol. The highest BCUT2D eigenvalue weighted by Crippen LogP contribution is 2.21. The molecule has 1 aromatic carbocycles. The van der Waals surface area contributed by atoms with Crippen LogP contribution in [0.2, 0.25) is 5.02 Å². The number of hydrogen-bond donors (Lipinski definition) is 1. The van der Waals surface area contributed by atoms with E-state index >= 15 is 0 Å². The number of thiazole rings is 1. The van der Waals surface area contributed by atoms with Crippen molar-refractivity contribution < 1.29 is 0 Å². The van der Waals surface area contributed by atoms with E-state index in [2.05, 4.69) is 25.2 Å². The van der Waals surface area contributed by atoms with E-state index in [1.54, 1.807) is 23.5 Å². The topological polar surface area (TPSA) is 61.9 Å². The van der Waals surface area contributed by atoms with Crippen LogP contribution >= 0.6 is 22.9 Å². The third-order valence-electron chi connectivity index (χ3n) is 4.32. The highest BCUT2D eigenvalue weighted by molar-refractivity contribution is 7.09. The summed E-state index contributed by atoms with van der Waals surface area (Å²) in [4.78, 5) is 26.9. The molecule has 0 fully saturated rings. The lowest BCUT2D eigenvalue weighted by Gasteiger charge is -2.27. The molecule has 1 aliphatic heterocycles. The fourth-order valence-electron chi connectivity index (χ4n) is 3.07. The lowest BCUT2D eigenvalue weighted by atomic mass is 10.1. The average Bonchev–Trinajstić information content (AvgIpc) is 3.01. The fourth-order valence-corrected chi connectivity index (χ4v) is 3.80. The van der Waals surface area contributed by atoms with Gasteiger partial charge in [0.25, 0.3) is 5.56 Å². The van der Waals surface area contributed by atoms with Gasteiger partial charge in [0.2, 0.25) is 0 Å². The van der Waals surface area contributed by atoms with Crippen LogP contribution in [0.15, 0.2) is 34.4 Å². The number of benzene rings is 1. The zero-order chi connectivity index (χ0) is 17.4. The van der Waals surface area contributed by atoms with Crippen molar-refractivity contribution in [2.24, 2.45) is 0 Å². The van der Waals surface area contributed by atoms with E-state index in [1.807, 2.05) is 19.1 Å². The van der Waals surface area contributed by atoms with E-state index in [9.17, 15) is 4.79 Å². The van der Waals surface area contributed by atoms with Gasteiger partial charge in [-0.3, -0.25) is 9.69 Å². The van der Waals surface area contributed by atoms with E-state index in [0.29, 0.717) is 17.4 Å². The molecule has 5 nitrogen and oxygen atoms in total. The van der Waals surface area contributed by atoms with E-state index in [-0.39, 0.29) is 5.56 Å². The first kappa shape index (κ1) is 16.4. The fraction of sp³-hybridized carbons (Fsp3) is 0.278. The third-order valence-corrected chi connectivity index (χ3v) is 5.39. The van der Waals surface area contributed by atoms with Crippen LogP contribution in [0.25, 0.3) is 11.4 Å². The van der Waals surface area contributed by atoms with Gasteiger partial charge in [-0.1, -0.05) is 11.6 Å². The Balaban J connectivity index is 1.59. The largest absolute Gasteiger partial charge is 0.306 e. The number of aromatic nitrogens is 3. The molecular weight excluding hydrogens is 356 g/mol. The van der Waals surface area contributed by atoms with Crippen molar-refractivity contribution in [3.63, 3.8) is 0 Å². The zero-order valence-electron chi connectivity index (χ0n) is 13.8. The van der Waals surface area contributed by atoms with Gasteiger partial charge >= 0.3 is 0 Å². The van der Waals surface area contributed by atoms with Crippen LogP contribution in [0, 0.1) is 6.92 Å². The van der Waals surface area contributed by atoms with E-state index < -0.39 is 0 Å². The minimum Gasteiger partial charge on any atom is -0.306 e. The number of aromatic amines is 1. The number of H-pyrrole nitrogens is 1. The smallest absolute Gasteiger partial charge is 0.255 e. The van der Waals surface area contributed by atoms with Gasteiger partial charge in [-0.15, -0.1) is 11.3 Å². The predicted octanol–water partition coefficient (Wildman–Crippen LogP) is 3.41. The lowest BCUT2D eigenvalue weighted by Crippen LogP contribution is -2.35. The Labute approximate surface area is 154 Å². The average molecular weight is 373 g/mol. The van der Waals surface area contributed by atoms with Gasteiger partial charge in [0.1, 0.15) is 5.82 Å². The van der Waals surface area contributed by atoms with Gasteiger partial charge in [0, 0.05) is 42.0 Å². The Morgan fingerprint density at radius 3 is 2.80 bits per heavy atom. The highest BCUT2D eigenvalue weighted by Gasteiger charge is 2.22. The summed E-state index contributed by atoms with van der Waals surface area (Å²) in [6, 6.07) is 7.33. The SMILES string of the molecule is Cc1nc(CN2CCc3nc(-c4ccc(Cl)cc4)[nH]c(=O)c3C2)cs1. The van der Waals surface area contributed by atoms with Crippen LogP contribution in [-0.2, 0) is 19.5 Å². The third kappa shape index (κ3) is 3.51. The molecule has 0 spiro atoms. The van der Waals surface area contributed by atoms with Crippen molar-refractivity contribution in [2.45, 2.75) is 26.4 Å². The standard InChI is InChI=1S/C18H17ClN4OS/c1-11-20-14(10-25-11)8-23-7-6-16-15(9-23)18(24)22-17(21-16)12-2-4-13(19)5-3-12/h2-5,10H,6-9H2,1H3,(H,21,22,24). The molecule has 0 unspecified atom stereocenters. The molecule has 1 N–H and O–H groups in total. The molecule has 2 aromatic heterocycles. The van der Waals surface area contributed by atoms with Crippen molar-refractivity contribution in [3.05, 3.63) is 67.0 Å². The second-order valence-corrected chi connectivity index (χ2v) is 7.66. The van der Waals surface area contributed by atoms with Crippen LogP contribution in [0.1, 0.15) is 22.0 Å². The number of hydrogen-bond acceptors (Lipinski definition) is 5. The maximum Gasteiger partial charge on any atom is 0.255 e. The first-order chi connectivity index (χ1) is 12.1. The van der Waals surface area contributed by atoms with Crippen molar-refractivity contribution in [1.29, 1.82) is 0 Å². The molecular formula is C18H17ClN4OS. The predicted molar refractivity (Wildman–Crippen MR) is 100.0 cm³/mol. The molecule has 0 atom stereocenters. The molecule has 0 amide bonds. The highest BCUT2D eigenvalue weighted by atomic mass is 35.5. The van der Waals surface area contributed by atoms with E-state index in [1.165, 1.54) is 0 Å². The van der Waals surface area contributed by atoms with E-state index in [4.69, 9.17) is 11.6 Å². The van der Waals surface area contributed by atoms with E-state index in [0.717, 1.165) is 47.0 Å². The summed E-state index contributed by atoms with van der Waals surface area (Å²) >= 11 is 7.58. The summed E-state index contributed by atoms with van der Waals surface area (Å²) in [6.07, 6.45) is 0.767. The maximum atomic E-state index is 12.6. The second-order valence-electron chi connectivity index (χ2n) is 6.17. The molecule has 25 heavy (non-hydrogen) atoms. The van der Waals surface area contributed by atoms with Gasteiger partial charge < -0.3 is 4.98 Å².